The zero-order chi connectivity index (χ0) is 31.6. The maximum absolute atomic E-state index is 2.38. The van der Waals surface area contributed by atoms with Crippen molar-refractivity contribution >= 4 is 43.1 Å². The van der Waals surface area contributed by atoms with Crippen molar-refractivity contribution in [2.24, 2.45) is 11.8 Å². The van der Waals surface area contributed by atoms with Gasteiger partial charge in [0.15, 0.2) is 0 Å². The number of rotatable bonds is 6. The zero-order valence-electron chi connectivity index (χ0n) is 28.7. The first-order valence-corrected chi connectivity index (χ1v) is 16.8. The maximum Gasteiger partial charge on any atom is 4.00 e. The first kappa shape index (κ1) is 38.3. The third-order valence-corrected chi connectivity index (χ3v) is 9.07. The van der Waals surface area contributed by atoms with Crippen molar-refractivity contribution in [2.75, 3.05) is 0 Å². The van der Waals surface area contributed by atoms with Crippen molar-refractivity contribution in [3.63, 3.8) is 0 Å². The van der Waals surface area contributed by atoms with Crippen molar-refractivity contribution < 1.29 is 51.0 Å². The molecule has 0 unspecified atom stereocenters. The van der Waals surface area contributed by atoms with Crippen LogP contribution in [0.4, 0.5) is 0 Å². The van der Waals surface area contributed by atoms with Gasteiger partial charge in [0.1, 0.15) is 0 Å². The molecule has 0 radical (unpaired) electrons. The van der Waals surface area contributed by atoms with Gasteiger partial charge in [-0.3, -0.25) is 0 Å². The van der Waals surface area contributed by atoms with E-state index in [4.69, 9.17) is 0 Å². The van der Waals surface area contributed by atoms with E-state index in [1.165, 1.54) is 76.5 Å². The molecule has 0 saturated carbocycles. The molecule has 0 amide bonds. The molecule has 3 heteroatoms. The summed E-state index contributed by atoms with van der Waals surface area (Å²) in [4.78, 5) is 0. The molecule has 0 saturated heterocycles. The molecule has 0 atom stereocenters. The molecule has 0 heterocycles. The molecule has 244 valence electrons. The molecule has 0 fully saturated rings. The van der Waals surface area contributed by atoms with Gasteiger partial charge in [-0.15, -0.1) is 69.1 Å². The minimum absolute atomic E-state index is 0. The van der Waals surface area contributed by atoms with Crippen LogP contribution in [0.1, 0.15) is 38.8 Å². The SMILES string of the molecule is CC(C)Cc1cc2c(-c3cccc4ccccc34)cccc2[cH-]1.CC(C)Cc1cc2c(-c3cccc4ccccc34)cccc2[cH-]1.[Cl-].[Cl-].[Zr+4]. The smallest absolute Gasteiger partial charge is 1.00 e. The predicted octanol–water partition coefficient (Wildman–Crippen LogP) is 7.16. The van der Waals surface area contributed by atoms with E-state index in [0.717, 1.165) is 12.8 Å². The van der Waals surface area contributed by atoms with Crippen molar-refractivity contribution in [1.29, 1.82) is 0 Å². The summed E-state index contributed by atoms with van der Waals surface area (Å²) >= 11 is 0. The number of hydrogen-bond donors (Lipinski definition) is 0. The second kappa shape index (κ2) is 17.0. The van der Waals surface area contributed by atoms with Crippen LogP contribution in [0.15, 0.2) is 146 Å². The minimum Gasteiger partial charge on any atom is -1.00 e. The van der Waals surface area contributed by atoms with E-state index in [9.17, 15) is 0 Å². The molecular formula is C46H42Cl2Zr. The molecule has 8 aromatic carbocycles. The fourth-order valence-electron chi connectivity index (χ4n) is 7.16. The molecule has 0 nitrogen and oxygen atoms in total. The fourth-order valence-corrected chi connectivity index (χ4v) is 7.16. The Bertz CT molecular complexity index is 2110. The Morgan fingerprint density at radius 3 is 1.12 bits per heavy atom. The average molecular weight is 757 g/mol. The van der Waals surface area contributed by atoms with Gasteiger partial charge >= 0.3 is 26.2 Å². The Kier molecular flexibility index (Phi) is 13.3. The van der Waals surface area contributed by atoms with Crippen LogP contribution in [-0.2, 0) is 39.0 Å². The van der Waals surface area contributed by atoms with Gasteiger partial charge in [-0.25, -0.2) is 0 Å². The Balaban J connectivity index is 0.000000208. The minimum atomic E-state index is 0. The summed E-state index contributed by atoms with van der Waals surface area (Å²) < 4.78 is 0. The third-order valence-electron chi connectivity index (χ3n) is 9.07. The molecule has 0 spiro atoms. The van der Waals surface area contributed by atoms with E-state index in [-0.39, 0.29) is 51.0 Å². The molecule has 0 aliphatic heterocycles. The van der Waals surface area contributed by atoms with Crippen LogP contribution in [0, 0.1) is 11.8 Å². The molecule has 0 aliphatic carbocycles. The number of hydrogen-bond acceptors (Lipinski definition) is 0. The van der Waals surface area contributed by atoms with E-state index >= 15 is 0 Å². The van der Waals surface area contributed by atoms with Gasteiger partial charge in [0.25, 0.3) is 0 Å². The predicted molar refractivity (Wildman–Crippen MR) is 202 cm³/mol. The van der Waals surface area contributed by atoms with Crippen molar-refractivity contribution in [2.45, 2.75) is 40.5 Å². The molecule has 0 aliphatic rings. The first-order chi connectivity index (χ1) is 22.4. The number of halogens is 2. The summed E-state index contributed by atoms with van der Waals surface area (Å²) in [7, 11) is 0. The Morgan fingerprint density at radius 1 is 0.408 bits per heavy atom. The van der Waals surface area contributed by atoms with Gasteiger partial charge < -0.3 is 24.8 Å². The van der Waals surface area contributed by atoms with Gasteiger partial charge in [0, 0.05) is 0 Å². The van der Waals surface area contributed by atoms with Crippen molar-refractivity contribution in [1.82, 2.24) is 0 Å². The van der Waals surface area contributed by atoms with Crippen LogP contribution in [0.2, 0.25) is 0 Å². The van der Waals surface area contributed by atoms with Crippen molar-refractivity contribution in [3.05, 3.63) is 157 Å². The van der Waals surface area contributed by atoms with E-state index in [0.29, 0.717) is 11.8 Å². The van der Waals surface area contributed by atoms with Crippen LogP contribution in [-0.4, -0.2) is 0 Å². The van der Waals surface area contributed by atoms with E-state index in [1.54, 1.807) is 0 Å². The summed E-state index contributed by atoms with van der Waals surface area (Å²) in [5, 5.41) is 10.7. The molecule has 8 rings (SSSR count). The van der Waals surface area contributed by atoms with E-state index in [1.807, 2.05) is 0 Å². The molecule has 49 heavy (non-hydrogen) atoms. The largest absolute Gasteiger partial charge is 4.00 e. The van der Waals surface area contributed by atoms with Crippen LogP contribution in [0.3, 0.4) is 0 Å². The second-order valence-electron chi connectivity index (χ2n) is 13.6. The molecular weight excluding hydrogens is 715 g/mol. The summed E-state index contributed by atoms with van der Waals surface area (Å²) in [6.07, 6.45) is 2.29. The van der Waals surface area contributed by atoms with Gasteiger partial charge in [0.05, 0.1) is 0 Å². The van der Waals surface area contributed by atoms with Gasteiger partial charge in [-0.2, -0.15) is 12.1 Å². The average Bonchev–Trinajstić information content (AvgIpc) is 3.67. The summed E-state index contributed by atoms with van der Waals surface area (Å²) in [5.41, 5.74) is 8.24. The van der Waals surface area contributed by atoms with E-state index < -0.39 is 0 Å². The molecule has 0 bridgehead atoms. The maximum atomic E-state index is 2.38. The fraction of sp³-hybridized carbons (Fsp3) is 0.174. The van der Waals surface area contributed by atoms with Crippen LogP contribution < -0.4 is 24.8 Å². The van der Waals surface area contributed by atoms with Crippen LogP contribution in [0.5, 0.6) is 0 Å². The summed E-state index contributed by atoms with van der Waals surface area (Å²) in [5.74, 6) is 1.38. The topological polar surface area (TPSA) is 0 Å². The van der Waals surface area contributed by atoms with E-state index in [2.05, 4.69) is 173 Å². The van der Waals surface area contributed by atoms with Crippen molar-refractivity contribution in [3.8, 4) is 22.3 Å². The standard InChI is InChI=1S/2C23H21.2ClH.Zr/c2*1-16(2)13-17-14-19-9-6-12-22(23(19)15-17)21-11-5-8-18-7-3-4-10-20(18)21;;;/h2*3-12,14-16H,13H2,1-2H3;2*1H;/q2*-1;;;+4/p-2. The third kappa shape index (κ3) is 8.29. The molecule has 8 aromatic rings. The second-order valence-corrected chi connectivity index (χ2v) is 13.6. The number of fused-ring (bicyclic) bond motifs is 4. The summed E-state index contributed by atoms with van der Waals surface area (Å²) in [6, 6.07) is 53.3. The van der Waals surface area contributed by atoms with Crippen LogP contribution >= 0.6 is 0 Å². The normalized spacial score (nSPS) is 10.9. The Hall–Kier alpha value is -3.48. The van der Waals surface area contributed by atoms with Gasteiger partial charge in [-0.05, 0) is 57.3 Å². The number of benzene rings is 6. The van der Waals surface area contributed by atoms with Crippen LogP contribution in [0.25, 0.3) is 65.3 Å². The summed E-state index contributed by atoms with van der Waals surface area (Å²) in [6.45, 7) is 9.12. The monoisotopic (exact) mass is 754 g/mol. The molecule has 0 N–H and O–H groups in total. The zero-order valence-corrected chi connectivity index (χ0v) is 32.7. The van der Waals surface area contributed by atoms with Gasteiger partial charge in [0.2, 0.25) is 0 Å². The quantitative estimate of drug-likeness (QED) is 0.158. The first-order valence-electron chi connectivity index (χ1n) is 16.8. The molecule has 0 aromatic heterocycles. The Morgan fingerprint density at radius 2 is 0.735 bits per heavy atom. The Labute approximate surface area is 323 Å². The van der Waals surface area contributed by atoms with Gasteiger partial charge in [-0.1, -0.05) is 136 Å².